The van der Waals surface area contributed by atoms with Crippen LogP contribution in [-0.4, -0.2) is 47.3 Å². The van der Waals surface area contributed by atoms with Crippen molar-refractivity contribution in [3.63, 3.8) is 0 Å². The third-order valence-corrected chi connectivity index (χ3v) is 4.69. The van der Waals surface area contributed by atoms with Crippen LogP contribution in [0.3, 0.4) is 0 Å². The van der Waals surface area contributed by atoms with Gasteiger partial charge in [0.15, 0.2) is 6.10 Å². The maximum absolute atomic E-state index is 12.5. The molecule has 7 nitrogen and oxygen atoms in total. The van der Waals surface area contributed by atoms with Gasteiger partial charge in [0.1, 0.15) is 6.04 Å². The van der Waals surface area contributed by atoms with Gasteiger partial charge < -0.3 is 10.1 Å². The lowest BCUT2D eigenvalue weighted by atomic mass is 9.81. The summed E-state index contributed by atoms with van der Waals surface area (Å²) in [5.41, 5.74) is 0. The molecule has 1 heterocycles. The Labute approximate surface area is 141 Å². The number of carbonyl (C=O) groups excluding carboxylic acids is 4. The summed E-state index contributed by atoms with van der Waals surface area (Å²) in [5.74, 6) is -2.42. The van der Waals surface area contributed by atoms with Gasteiger partial charge in [0.2, 0.25) is 11.8 Å². The molecule has 1 aliphatic carbocycles. The predicted molar refractivity (Wildman–Crippen MR) is 85.5 cm³/mol. The van der Waals surface area contributed by atoms with Gasteiger partial charge in [-0.15, -0.1) is 6.58 Å². The van der Waals surface area contributed by atoms with Crippen LogP contribution in [-0.2, 0) is 23.9 Å². The van der Waals surface area contributed by atoms with Gasteiger partial charge in [0.25, 0.3) is 5.91 Å². The van der Waals surface area contributed by atoms with Crippen LogP contribution in [0.25, 0.3) is 0 Å². The topological polar surface area (TPSA) is 92.8 Å². The Kier molecular flexibility index (Phi) is 5.75. The Balaban J connectivity index is 1.99. The van der Waals surface area contributed by atoms with Crippen molar-refractivity contribution in [2.45, 2.75) is 51.7 Å². The van der Waals surface area contributed by atoms with E-state index in [9.17, 15) is 19.2 Å². The lowest BCUT2D eigenvalue weighted by Crippen LogP contribution is -2.46. The molecule has 3 amide bonds. The highest BCUT2D eigenvalue weighted by Crippen LogP contribution is 2.38. The molecule has 0 radical (unpaired) electrons. The average molecular weight is 336 g/mol. The number of imide groups is 1. The standard InChI is InChI=1S/C17H24N2O5/c1-4-9-18-14(20)11(3)24-17(23)10(2)19-15(21)12-7-5-6-8-13(12)16(19)22/h4,10-13H,1,5-9H2,2-3H3,(H,18,20)/t10-,11+,12-,13-/m0/s1. The van der Waals surface area contributed by atoms with Gasteiger partial charge in [-0.1, -0.05) is 18.9 Å². The number of carbonyl (C=O) groups is 4. The molecule has 1 aliphatic heterocycles. The average Bonchev–Trinajstić information content (AvgIpc) is 2.83. The van der Waals surface area contributed by atoms with Crippen LogP contribution in [0.15, 0.2) is 12.7 Å². The molecule has 0 aromatic heterocycles. The Morgan fingerprint density at radius 2 is 1.79 bits per heavy atom. The summed E-state index contributed by atoms with van der Waals surface area (Å²) < 4.78 is 5.10. The summed E-state index contributed by atoms with van der Waals surface area (Å²) in [7, 11) is 0. The minimum Gasteiger partial charge on any atom is -0.451 e. The molecular weight excluding hydrogens is 312 g/mol. The second-order valence-corrected chi connectivity index (χ2v) is 6.33. The van der Waals surface area contributed by atoms with Crippen LogP contribution in [0.5, 0.6) is 0 Å². The molecular formula is C17H24N2O5. The second-order valence-electron chi connectivity index (χ2n) is 6.33. The first-order chi connectivity index (χ1) is 11.4. The van der Waals surface area contributed by atoms with Gasteiger partial charge in [-0.25, -0.2) is 4.79 Å². The molecule has 2 aliphatic rings. The van der Waals surface area contributed by atoms with Crippen molar-refractivity contribution in [1.82, 2.24) is 10.2 Å². The van der Waals surface area contributed by atoms with E-state index in [4.69, 9.17) is 4.74 Å². The fraction of sp³-hybridized carbons (Fsp3) is 0.647. The number of amides is 3. The zero-order valence-corrected chi connectivity index (χ0v) is 14.1. The van der Waals surface area contributed by atoms with Gasteiger partial charge in [-0.3, -0.25) is 19.3 Å². The van der Waals surface area contributed by atoms with E-state index < -0.39 is 24.0 Å². The highest BCUT2D eigenvalue weighted by molar-refractivity contribution is 6.07. The number of nitrogens with one attached hydrogen (secondary N) is 1. The molecule has 0 spiro atoms. The zero-order chi connectivity index (χ0) is 17.9. The number of nitrogens with zero attached hydrogens (tertiary/aromatic N) is 1. The van der Waals surface area contributed by atoms with Gasteiger partial charge in [-0.2, -0.15) is 0 Å². The van der Waals surface area contributed by atoms with E-state index in [2.05, 4.69) is 11.9 Å². The maximum Gasteiger partial charge on any atom is 0.329 e. The molecule has 132 valence electrons. The Morgan fingerprint density at radius 3 is 2.29 bits per heavy atom. The molecule has 24 heavy (non-hydrogen) atoms. The SMILES string of the molecule is C=CCNC(=O)[C@@H](C)OC(=O)[C@H](C)N1C(=O)[C@H]2CCCC[C@@H]2C1=O. The molecule has 0 aromatic rings. The molecule has 2 fully saturated rings. The second kappa shape index (κ2) is 7.59. The Bertz CT molecular complexity index is 535. The zero-order valence-electron chi connectivity index (χ0n) is 14.1. The molecule has 7 heteroatoms. The number of likely N-dealkylation sites (tertiary alicyclic amines) is 1. The predicted octanol–water partition coefficient (Wildman–Crippen LogP) is 0.784. The van der Waals surface area contributed by atoms with E-state index in [-0.39, 0.29) is 30.2 Å². The Hall–Kier alpha value is -2.18. The van der Waals surface area contributed by atoms with Crippen LogP contribution in [0.1, 0.15) is 39.5 Å². The molecule has 4 atom stereocenters. The van der Waals surface area contributed by atoms with Crippen molar-refractivity contribution in [2.24, 2.45) is 11.8 Å². The fourth-order valence-corrected chi connectivity index (χ4v) is 3.32. The molecule has 1 saturated heterocycles. The lowest BCUT2D eigenvalue weighted by Gasteiger charge is -2.23. The van der Waals surface area contributed by atoms with E-state index in [1.54, 1.807) is 0 Å². The molecule has 1 N–H and O–H groups in total. The largest absolute Gasteiger partial charge is 0.451 e. The third-order valence-electron chi connectivity index (χ3n) is 4.69. The van der Waals surface area contributed by atoms with Crippen molar-refractivity contribution in [3.8, 4) is 0 Å². The molecule has 0 aromatic carbocycles. The summed E-state index contributed by atoms with van der Waals surface area (Å²) in [6, 6.07) is -1.02. The first-order valence-electron chi connectivity index (χ1n) is 8.34. The summed E-state index contributed by atoms with van der Waals surface area (Å²) in [6.45, 7) is 6.65. The van der Waals surface area contributed by atoms with E-state index >= 15 is 0 Å². The van der Waals surface area contributed by atoms with E-state index in [1.165, 1.54) is 19.9 Å². The van der Waals surface area contributed by atoms with Crippen LogP contribution in [0, 0.1) is 11.8 Å². The van der Waals surface area contributed by atoms with Crippen LogP contribution < -0.4 is 5.32 Å². The van der Waals surface area contributed by atoms with E-state index in [0.717, 1.165) is 17.7 Å². The summed E-state index contributed by atoms with van der Waals surface area (Å²) in [6.07, 6.45) is 3.73. The first-order valence-corrected chi connectivity index (χ1v) is 8.34. The fourth-order valence-electron chi connectivity index (χ4n) is 3.32. The van der Waals surface area contributed by atoms with Crippen molar-refractivity contribution in [2.75, 3.05) is 6.54 Å². The highest BCUT2D eigenvalue weighted by atomic mass is 16.5. The number of fused-ring (bicyclic) bond motifs is 1. The number of rotatable bonds is 6. The maximum atomic E-state index is 12.5. The number of esters is 1. The minimum absolute atomic E-state index is 0.267. The molecule has 0 bridgehead atoms. The van der Waals surface area contributed by atoms with Gasteiger partial charge in [0.05, 0.1) is 11.8 Å². The smallest absolute Gasteiger partial charge is 0.329 e. The van der Waals surface area contributed by atoms with Crippen LogP contribution >= 0.6 is 0 Å². The van der Waals surface area contributed by atoms with Crippen molar-refractivity contribution < 1.29 is 23.9 Å². The van der Waals surface area contributed by atoms with Gasteiger partial charge >= 0.3 is 5.97 Å². The monoisotopic (exact) mass is 336 g/mol. The lowest BCUT2D eigenvalue weighted by molar-refractivity contribution is -0.164. The summed E-state index contributed by atoms with van der Waals surface area (Å²) >= 11 is 0. The highest BCUT2D eigenvalue weighted by Gasteiger charge is 2.51. The molecule has 2 rings (SSSR count). The van der Waals surface area contributed by atoms with E-state index in [1.807, 2.05) is 0 Å². The Morgan fingerprint density at radius 1 is 1.25 bits per heavy atom. The van der Waals surface area contributed by atoms with E-state index in [0.29, 0.717) is 12.8 Å². The molecule has 0 unspecified atom stereocenters. The normalized spacial score (nSPS) is 25.7. The van der Waals surface area contributed by atoms with Crippen molar-refractivity contribution in [3.05, 3.63) is 12.7 Å². The van der Waals surface area contributed by atoms with Crippen molar-refractivity contribution in [1.29, 1.82) is 0 Å². The summed E-state index contributed by atoms with van der Waals surface area (Å²) in [5, 5.41) is 2.52. The molecule has 1 saturated carbocycles. The summed E-state index contributed by atoms with van der Waals surface area (Å²) in [4.78, 5) is 49.9. The minimum atomic E-state index is -1.02. The van der Waals surface area contributed by atoms with Crippen molar-refractivity contribution >= 4 is 23.7 Å². The number of ether oxygens (including phenoxy) is 1. The third kappa shape index (κ3) is 3.49. The van der Waals surface area contributed by atoms with Crippen LogP contribution in [0.4, 0.5) is 0 Å². The van der Waals surface area contributed by atoms with Gasteiger partial charge in [-0.05, 0) is 26.7 Å². The number of hydrogen-bond donors (Lipinski definition) is 1. The van der Waals surface area contributed by atoms with Gasteiger partial charge in [0, 0.05) is 6.54 Å². The first kappa shape index (κ1) is 18.2. The quantitative estimate of drug-likeness (QED) is 0.440. The number of hydrogen-bond acceptors (Lipinski definition) is 5. The van der Waals surface area contributed by atoms with Crippen LogP contribution in [0.2, 0.25) is 0 Å².